The van der Waals surface area contributed by atoms with E-state index in [-0.39, 0.29) is 28.4 Å². The number of carbonyl (C=O) groups is 3. The molecule has 3 radical (unpaired) electrons. The van der Waals surface area contributed by atoms with Crippen molar-refractivity contribution in [1.82, 2.24) is 10.2 Å². The van der Waals surface area contributed by atoms with Crippen molar-refractivity contribution < 1.29 is 19.5 Å². The molecule has 2 aliphatic rings. The van der Waals surface area contributed by atoms with Gasteiger partial charge in [0.15, 0.2) is 0 Å². The van der Waals surface area contributed by atoms with Crippen molar-refractivity contribution in [3.8, 4) is 0 Å². The topological polar surface area (TPSA) is 86.7 Å². The molecule has 0 saturated carbocycles. The SMILES string of the molecule is CC1(C)S[C@@H]2C(NC(=O)C[CH]([Ge])c3ccccc3)C(=O)N2[C@H]1C(=O)O. The Morgan fingerprint density at radius 3 is 2.60 bits per heavy atom. The Labute approximate surface area is 158 Å². The van der Waals surface area contributed by atoms with Gasteiger partial charge in [0.05, 0.1) is 0 Å². The molecule has 2 fully saturated rings. The van der Waals surface area contributed by atoms with Crippen LogP contribution in [0.3, 0.4) is 0 Å². The number of carboxylic acids is 1. The molecule has 3 rings (SSSR count). The molecule has 0 aliphatic carbocycles. The van der Waals surface area contributed by atoms with E-state index in [2.05, 4.69) is 5.32 Å². The fourth-order valence-corrected chi connectivity index (χ4v) is 5.78. The first-order valence-corrected chi connectivity index (χ1v) is 10.1. The summed E-state index contributed by atoms with van der Waals surface area (Å²) in [6, 6.07) is 8.24. The second-order valence-corrected chi connectivity index (χ2v) is 10.0. The minimum atomic E-state index is -1.00. The van der Waals surface area contributed by atoms with Gasteiger partial charge in [0, 0.05) is 0 Å². The Kier molecular flexibility index (Phi) is 4.89. The van der Waals surface area contributed by atoms with Gasteiger partial charge in [-0.05, 0) is 0 Å². The summed E-state index contributed by atoms with van der Waals surface area (Å²) in [4.78, 5) is 37.6. The molecule has 0 bridgehead atoms. The van der Waals surface area contributed by atoms with Gasteiger partial charge < -0.3 is 0 Å². The summed E-state index contributed by atoms with van der Waals surface area (Å²) < 4.78 is -0.532. The van der Waals surface area contributed by atoms with Crippen molar-refractivity contribution in [3.05, 3.63) is 35.9 Å². The molecule has 0 aromatic heterocycles. The first kappa shape index (κ1) is 18.3. The van der Waals surface area contributed by atoms with E-state index in [9.17, 15) is 19.5 Å². The van der Waals surface area contributed by atoms with E-state index in [4.69, 9.17) is 0 Å². The average molecular weight is 420 g/mol. The third-order valence-corrected chi connectivity index (χ3v) is 7.28. The third kappa shape index (κ3) is 3.31. The van der Waals surface area contributed by atoms with Crippen LogP contribution in [0, 0.1) is 0 Å². The summed E-state index contributed by atoms with van der Waals surface area (Å²) >= 11 is 3.40. The van der Waals surface area contributed by atoms with Crippen LogP contribution in [0.1, 0.15) is 30.6 Å². The number of rotatable bonds is 5. The molecule has 131 valence electrons. The molecular weight excluding hydrogens is 401 g/mol. The van der Waals surface area contributed by atoms with Crippen molar-refractivity contribution in [2.45, 2.75) is 47.2 Å². The van der Waals surface area contributed by atoms with E-state index < -0.39 is 22.8 Å². The second kappa shape index (κ2) is 6.68. The maximum absolute atomic E-state index is 12.4. The minimum absolute atomic E-state index is 0.0481. The van der Waals surface area contributed by atoms with Crippen molar-refractivity contribution in [3.63, 3.8) is 0 Å². The number of hydrogen-bond acceptors (Lipinski definition) is 4. The van der Waals surface area contributed by atoms with E-state index in [1.165, 1.54) is 16.7 Å². The van der Waals surface area contributed by atoms with Crippen LogP contribution in [0.25, 0.3) is 0 Å². The Bertz CT molecular complexity index is 712. The standard InChI is InChI=1S/C17H19GeN2O4S/c1-17(2)13(16(23)24)20-14(22)12(15(20)25-17)19-11(21)8-10(18)9-6-4-3-5-7-9/h3-7,10,12-13,15H,8H2,1-2H3,(H,19,21)(H,23,24)/t10?,12?,13-,15+/m0/s1. The number of fused-ring (bicyclic) bond motifs is 1. The third-order valence-electron chi connectivity index (χ3n) is 4.58. The quantitative estimate of drug-likeness (QED) is 0.547. The molecule has 2 N–H and O–H groups in total. The maximum atomic E-state index is 12.4. The number of aliphatic carboxylic acids is 1. The van der Waals surface area contributed by atoms with Gasteiger partial charge in [0.1, 0.15) is 0 Å². The number of benzene rings is 1. The van der Waals surface area contributed by atoms with Crippen LogP contribution in [0.15, 0.2) is 30.3 Å². The summed E-state index contributed by atoms with van der Waals surface area (Å²) in [7, 11) is 0. The average Bonchev–Trinajstić information content (AvgIpc) is 2.81. The molecule has 1 aromatic carbocycles. The number of carboxylic acid groups (broad SMARTS) is 1. The van der Waals surface area contributed by atoms with Gasteiger partial charge in [0.2, 0.25) is 0 Å². The van der Waals surface area contributed by atoms with Crippen molar-refractivity contribution in [1.29, 1.82) is 0 Å². The summed E-state index contributed by atoms with van der Waals surface area (Å²) in [5.74, 6) is -1.50. The molecule has 0 spiro atoms. The second-order valence-electron chi connectivity index (χ2n) is 6.81. The summed E-state index contributed by atoms with van der Waals surface area (Å²) in [5, 5.41) is 11.9. The van der Waals surface area contributed by atoms with Gasteiger partial charge in [-0.2, -0.15) is 0 Å². The molecule has 4 atom stereocenters. The van der Waals surface area contributed by atoms with Gasteiger partial charge in [-0.15, -0.1) is 0 Å². The number of nitrogens with one attached hydrogen (secondary N) is 1. The predicted octanol–water partition coefficient (Wildman–Crippen LogP) is 0.918. The van der Waals surface area contributed by atoms with Gasteiger partial charge in [0.25, 0.3) is 0 Å². The van der Waals surface area contributed by atoms with E-state index in [0.717, 1.165) is 5.56 Å². The van der Waals surface area contributed by atoms with Crippen molar-refractivity contribution in [2.75, 3.05) is 0 Å². The zero-order chi connectivity index (χ0) is 18.4. The molecular formula is C17H19GeN2O4S. The molecule has 2 aliphatic heterocycles. The van der Waals surface area contributed by atoms with Crippen LogP contribution in [0.4, 0.5) is 0 Å². The Morgan fingerprint density at radius 2 is 2.00 bits per heavy atom. The van der Waals surface area contributed by atoms with E-state index >= 15 is 0 Å². The van der Waals surface area contributed by atoms with Crippen molar-refractivity contribution >= 4 is 46.1 Å². The van der Waals surface area contributed by atoms with E-state index in [0.29, 0.717) is 0 Å². The Hall–Kier alpha value is -1.48. The van der Waals surface area contributed by atoms with Gasteiger partial charge in [-0.25, -0.2) is 0 Å². The molecule has 25 heavy (non-hydrogen) atoms. The molecule has 2 heterocycles. The number of carbonyl (C=O) groups excluding carboxylic acids is 2. The summed E-state index contributed by atoms with van der Waals surface area (Å²) in [6.45, 7) is 3.64. The van der Waals surface area contributed by atoms with Crippen LogP contribution < -0.4 is 5.32 Å². The normalized spacial score (nSPS) is 28.0. The zero-order valence-corrected chi connectivity index (χ0v) is 16.8. The summed E-state index contributed by atoms with van der Waals surface area (Å²) in [6.07, 6.45) is 0.289. The number of hydrogen-bond donors (Lipinski definition) is 2. The molecule has 8 heteroatoms. The molecule has 6 nitrogen and oxygen atoms in total. The molecule has 1 aromatic rings. The van der Waals surface area contributed by atoms with Crippen LogP contribution in [-0.4, -0.2) is 66.5 Å². The molecule has 2 amide bonds. The first-order chi connectivity index (χ1) is 11.7. The van der Waals surface area contributed by atoms with Crippen LogP contribution in [0.2, 0.25) is 0 Å². The fourth-order valence-electron chi connectivity index (χ4n) is 3.37. The monoisotopic (exact) mass is 421 g/mol. The molecule has 2 unspecified atom stereocenters. The Balaban J connectivity index is 1.62. The van der Waals surface area contributed by atoms with Crippen LogP contribution in [-0.2, 0) is 14.4 Å². The summed E-state index contributed by atoms with van der Waals surface area (Å²) in [5.41, 5.74) is 1.07. The van der Waals surface area contributed by atoms with Crippen molar-refractivity contribution in [2.24, 2.45) is 0 Å². The zero-order valence-electron chi connectivity index (χ0n) is 13.9. The number of amides is 2. The predicted molar refractivity (Wildman–Crippen MR) is 95.2 cm³/mol. The van der Waals surface area contributed by atoms with Gasteiger partial charge >= 0.3 is 159 Å². The van der Waals surface area contributed by atoms with E-state index in [1.54, 1.807) is 0 Å². The number of thioether (sulfide) groups is 1. The Morgan fingerprint density at radius 1 is 1.36 bits per heavy atom. The van der Waals surface area contributed by atoms with Gasteiger partial charge in [-0.3, -0.25) is 0 Å². The molecule has 2 saturated heterocycles. The van der Waals surface area contributed by atoms with Crippen LogP contribution in [0.5, 0.6) is 0 Å². The number of nitrogens with zero attached hydrogens (tertiary/aromatic N) is 1. The van der Waals surface area contributed by atoms with E-state index in [1.807, 2.05) is 60.7 Å². The van der Waals surface area contributed by atoms with Crippen LogP contribution >= 0.6 is 11.8 Å². The first-order valence-electron chi connectivity index (χ1n) is 8.00. The number of β-lactam (4-membered cyclic amide) rings is 1. The fraction of sp³-hybridized carbons (Fsp3) is 0.471. The van der Waals surface area contributed by atoms with Gasteiger partial charge in [-0.1, -0.05) is 0 Å².